The van der Waals surface area contributed by atoms with Crippen molar-refractivity contribution in [3.05, 3.63) is 501 Å². The molecule has 8 heterocycles. The van der Waals surface area contributed by atoms with Gasteiger partial charge in [0.1, 0.15) is 5.58 Å². The third-order valence-corrected chi connectivity index (χ3v) is 20.1. The SMILES string of the molecule is CC(=O)C=C(C)O.Cc1cc(-c2[c-]cccc2)ncc1-c1ccccc1.Cc1cc(-c2[c-]cccc2)ncc1-c1ccccc1.Cc1ccc(-c2[c-]cccc2)nc1.Cc1ccc(-c2[c-]cccc2)nc1.Cc1cccc2c1oc1c(-c3cc(-c4ccccc4)ccn3)[c-]ccc12.Cc1ccnc(-c2[c-]ccc(-c3ccccc3)c2)c1.[Ir].[Ir].[Ir].[Ir].[c-]1ccccc1-c1ccccn1. The largest absolute Gasteiger partial charge is 0.512 e. The molecule has 0 amide bonds. The molecule has 0 atom stereocenters. The molecule has 14 heteroatoms. The van der Waals surface area contributed by atoms with Crippen molar-refractivity contribution in [2.75, 3.05) is 0 Å². The van der Waals surface area contributed by atoms with Gasteiger partial charge in [0.2, 0.25) is 0 Å². The summed E-state index contributed by atoms with van der Waals surface area (Å²) in [7, 11) is 0. The van der Waals surface area contributed by atoms with Crippen molar-refractivity contribution in [1.29, 1.82) is 0 Å². The van der Waals surface area contributed by atoms with Crippen molar-refractivity contribution >= 4 is 27.7 Å². The van der Waals surface area contributed by atoms with Crippen LogP contribution in [0, 0.1) is 84.0 Å². The monoisotopic (exact) mass is 2430 g/mol. The average Bonchev–Trinajstić information content (AvgIpc) is 1.61. The molecule has 0 spiro atoms. The van der Waals surface area contributed by atoms with Gasteiger partial charge in [0.05, 0.1) is 11.3 Å². The minimum Gasteiger partial charge on any atom is -0.512 e. The van der Waals surface area contributed by atoms with Gasteiger partial charge in [-0.25, -0.2) is 0 Å². The molecule has 12 aromatic carbocycles. The number of fused-ring (bicyclic) bond motifs is 3. The standard InChI is InChI=1S/C24H16NO.3C18H14N.2C12H10N.C11H8N.C5H8O2.4Ir/c1-16-7-5-10-19-20-11-6-12-21(24(20)26-23(16)19)22-15-18(13-14-25-22)17-8-3-2-4-9-17;2*1-14-12-18(16-10-6-3-7-11-16)19-13-17(14)15-8-4-2-5-9-15;1-14-10-11-19-18(12-14)17-9-5-8-16(13-17)15-6-3-2-4-7-15;2*1-10-7-8-12(13-9-10)11-5-3-2-4-6-11;1-2-6-10(7-3-1)11-8-4-5-9-12-11;1-4(6)3-5(2)7;;;;/h2-11,13-15H,1H3;2*2-10,12-13H,1H3;2-8,10-13H,1H3;2*2-5,7-9H,1H3;1-6,8-9H;3,6H,1-2H3;;;;/q7*-1;;;;;. The molecule has 0 aliphatic carbocycles. The van der Waals surface area contributed by atoms with Gasteiger partial charge in [0.15, 0.2) is 5.78 Å². The summed E-state index contributed by atoms with van der Waals surface area (Å²) in [5, 5.41) is 10.6. The van der Waals surface area contributed by atoms with E-state index in [1.165, 1.54) is 86.7 Å². The van der Waals surface area contributed by atoms with Crippen LogP contribution >= 0.6 is 0 Å². The van der Waals surface area contributed by atoms with E-state index in [9.17, 15) is 4.79 Å². The summed E-state index contributed by atoms with van der Waals surface area (Å²) in [5.41, 5.74) is 32.3. The summed E-state index contributed by atoms with van der Waals surface area (Å²) in [6.07, 6.45) is 14.3. The Balaban J connectivity index is 0.000000173. The fraction of sp³-hybridized carbons (Fsp3) is 0.0678. The molecule has 0 unspecified atom stereocenters. The normalized spacial score (nSPS) is 10.1. The van der Waals surface area contributed by atoms with Gasteiger partial charge in [-0.2, -0.15) is 0 Å². The fourth-order valence-electron chi connectivity index (χ4n) is 13.7. The maximum atomic E-state index is 10.0. The van der Waals surface area contributed by atoms with E-state index >= 15 is 0 Å². The molecule has 20 aromatic rings. The molecule has 10 nitrogen and oxygen atoms in total. The first-order valence-corrected chi connectivity index (χ1v) is 42.0. The first-order chi connectivity index (χ1) is 62.6. The second kappa shape index (κ2) is 53.4. The van der Waals surface area contributed by atoms with Gasteiger partial charge in [-0.3, -0.25) is 4.79 Å². The van der Waals surface area contributed by atoms with Crippen LogP contribution in [-0.4, -0.2) is 45.8 Å². The number of benzene rings is 12. The summed E-state index contributed by atoms with van der Waals surface area (Å²) in [6.45, 7) is 15.3. The first-order valence-electron chi connectivity index (χ1n) is 42.0. The maximum absolute atomic E-state index is 10.0. The van der Waals surface area contributed by atoms with Crippen LogP contribution in [0.15, 0.2) is 430 Å². The molecule has 0 aliphatic rings. The van der Waals surface area contributed by atoms with E-state index in [1.54, 1.807) is 6.20 Å². The van der Waals surface area contributed by atoms with Crippen LogP contribution in [0.2, 0.25) is 0 Å². The molecule has 0 saturated heterocycles. The van der Waals surface area contributed by atoms with E-state index in [1.807, 2.05) is 288 Å². The van der Waals surface area contributed by atoms with Crippen LogP contribution in [0.4, 0.5) is 0 Å². The number of carbonyl (C=O) groups is 1. The molecule has 0 saturated carbocycles. The molecular weight excluding hydrogens is 2330 g/mol. The zero-order valence-corrected chi connectivity index (χ0v) is 83.6. The van der Waals surface area contributed by atoms with Crippen LogP contribution < -0.4 is 0 Å². The number of para-hydroxylation sites is 1. The molecule has 20 rings (SSSR count). The van der Waals surface area contributed by atoms with Gasteiger partial charge in [-0.15, -0.1) is 233 Å². The predicted octanol–water partition coefficient (Wildman–Crippen LogP) is 29.3. The summed E-state index contributed by atoms with van der Waals surface area (Å²) < 4.78 is 6.24. The number of carbonyl (C=O) groups excluding carboxylic acids is 1. The molecule has 8 aromatic heterocycles. The van der Waals surface area contributed by atoms with Gasteiger partial charge in [0, 0.05) is 146 Å². The average molecular weight is 2430 g/mol. The third kappa shape index (κ3) is 30.2. The van der Waals surface area contributed by atoms with Crippen LogP contribution in [0.5, 0.6) is 0 Å². The zero-order valence-electron chi connectivity index (χ0n) is 74.1. The fourth-order valence-corrected chi connectivity index (χ4v) is 13.7. The van der Waals surface area contributed by atoms with Crippen molar-refractivity contribution in [2.24, 2.45) is 0 Å². The third-order valence-electron chi connectivity index (χ3n) is 20.1. The van der Waals surface area contributed by atoms with E-state index < -0.39 is 0 Å². The molecule has 0 aliphatic heterocycles. The summed E-state index contributed by atoms with van der Waals surface area (Å²) in [4.78, 5) is 41.0. The Morgan fingerprint density at radius 1 is 0.273 bits per heavy atom. The number of aliphatic hydroxyl groups is 1. The number of hydrogen-bond donors (Lipinski definition) is 1. The number of rotatable bonds is 12. The predicted molar refractivity (Wildman–Crippen MR) is 524 cm³/mol. The summed E-state index contributed by atoms with van der Waals surface area (Å²) >= 11 is 0. The minimum absolute atomic E-state index is 0. The van der Waals surface area contributed by atoms with Gasteiger partial charge >= 0.3 is 0 Å². The number of hydrogen-bond acceptors (Lipinski definition) is 10. The Labute approximate surface area is 829 Å². The molecule has 4 radical (unpaired) electrons. The van der Waals surface area contributed by atoms with Gasteiger partial charge in [-0.05, 0) is 169 Å². The number of aliphatic hydroxyl groups excluding tert-OH is 1. The zero-order chi connectivity index (χ0) is 89.0. The van der Waals surface area contributed by atoms with Gasteiger partial charge in [0.25, 0.3) is 0 Å². The van der Waals surface area contributed by atoms with Crippen molar-refractivity contribution in [3.63, 3.8) is 0 Å². The minimum atomic E-state index is -0.125. The quantitative estimate of drug-likeness (QED) is 0.0714. The maximum Gasteiger partial charge on any atom is 0.155 e. The number of furan rings is 1. The second-order valence-corrected chi connectivity index (χ2v) is 30.0. The van der Waals surface area contributed by atoms with Crippen LogP contribution in [0.3, 0.4) is 0 Å². The van der Waals surface area contributed by atoms with Crippen LogP contribution in [0.1, 0.15) is 47.2 Å². The van der Waals surface area contributed by atoms with E-state index in [0.717, 1.165) is 112 Å². The number of ketones is 1. The van der Waals surface area contributed by atoms with Crippen molar-refractivity contribution in [3.8, 4) is 123 Å². The molecule has 132 heavy (non-hydrogen) atoms. The van der Waals surface area contributed by atoms with Crippen molar-refractivity contribution in [1.82, 2.24) is 34.9 Å². The molecule has 0 bridgehead atoms. The number of nitrogens with zero attached hydrogens (tertiary/aromatic N) is 7. The Kier molecular flexibility index (Phi) is 41.3. The van der Waals surface area contributed by atoms with E-state index in [-0.39, 0.29) is 92.0 Å². The molecule has 0 fully saturated rings. The number of aryl methyl sites for hydroxylation is 6. The number of allylic oxidation sites excluding steroid dienone is 2. The molecule has 662 valence electrons. The van der Waals surface area contributed by atoms with Gasteiger partial charge in [-0.1, -0.05) is 217 Å². The van der Waals surface area contributed by atoms with E-state index in [0.29, 0.717) is 0 Å². The number of pyridine rings is 7. The van der Waals surface area contributed by atoms with E-state index in [4.69, 9.17) is 9.52 Å². The topological polar surface area (TPSA) is 141 Å². The first kappa shape index (κ1) is 102. The van der Waals surface area contributed by atoms with E-state index in [2.05, 4.69) is 239 Å². The van der Waals surface area contributed by atoms with Crippen LogP contribution in [0.25, 0.3) is 145 Å². The smallest absolute Gasteiger partial charge is 0.155 e. The summed E-state index contributed by atoms with van der Waals surface area (Å²) in [5.74, 6) is -0.0625. The van der Waals surface area contributed by atoms with Crippen LogP contribution in [-0.2, 0) is 85.2 Å². The Morgan fingerprint density at radius 3 is 1.07 bits per heavy atom. The van der Waals surface area contributed by atoms with Crippen molar-refractivity contribution in [2.45, 2.75) is 55.4 Å². The summed E-state index contributed by atoms with van der Waals surface area (Å²) in [6, 6.07) is 146. The Hall–Kier alpha value is -13.7. The second-order valence-electron chi connectivity index (χ2n) is 30.0. The number of aromatic nitrogens is 7. The molecular formula is C118H94Ir4N7O3-7. The Bertz CT molecular complexity index is 6630. The van der Waals surface area contributed by atoms with Gasteiger partial charge < -0.3 is 44.4 Å². The molecule has 1 N–H and O–H groups in total. The van der Waals surface area contributed by atoms with Crippen molar-refractivity contribution < 1.29 is 94.7 Å². The Morgan fingerprint density at radius 2 is 0.659 bits per heavy atom.